The molecule has 114 valence electrons. The molecule has 21 heavy (non-hydrogen) atoms. The zero-order valence-electron chi connectivity index (χ0n) is 13.2. The number of hydrogen-bond acceptors (Lipinski definition) is 4. The highest BCUT2D eigenvalue weighted by Crippen LogP contribution is 2.66. The van der Waals surface area contributed by atoms with Crippen LogP contribution in [0.4, 0.5) is 5.95 Å². The molecule has 0 radical (unpaired) electrons. The standard InChI is InChI=1S/C17H26N4/c1-15-3-12-4-16(2,9-15)11-17(5-12,10-15)21-8-13-6-19-14(18)20-7-13/h6-7,12,21H,3-5,8-11H2,1-2H3,(H2,18,19,20). The minimum Gasteiger partial charge on any atom is -0.368 e. The van der Waals surface area contributed by atoms with Crippen molar-refractivity contribution in [2.75, 3.05) is 5.73 Å². The van der Waals surface area contributed by atoms with Gasteiger partial charge in [0.25, 0.3) is 0 Å². The first-order valence-corrected chi connectivity index (χ1v) is 8.19. The van der Waals surface area contributed by atoms with E-state index in [1.165, 1.54) is 38.5 Å². The molecule has 3 N–H and O–H groups in total. The van der Waals surface area contributed by atoms with Gasteiger partial charge in [-0.1, -0.05) is 13.8 Å². The number of nitrogens with two attached hydrogens (primary N) is 1. The lowest BCUT2D eigenvalue weighted by Gasteiger charge is -2.65. The number of aromatic nitrogens is 2. The van der Waals surface area contributed by atoms with E-state index in [9.17, 15) is 0 Å². The molecule has 2 unspecified atom stereocenters. The van der Waals surface area contributed by atoms with Gasteiger partial charge < -0.3 is 11.1 Å². The SMILES string of the molecule is CC12CC3CC(C)(C1)CC(NCc1cnc(N)nc1)(C3)C2. The number of anilines is 1. The summed E-state index contributed by atoms with van der Waals surface area (Å²) < 4.78 is 0. The molecule has 1 heterocycles. The Morgan fingerprint density at radius 3 is 2.29 bits per heavy atom. The van der Waals surface area contributed by atoms with Crippen LogP contribution < -0.4 is 11.1 Å². The molecule has 4 nitrogen and oxygen atoms in total. The third-order valence-corrected chi connectivity index (χ3v) is 6.02. The van der Waals surface area contributed by atoms with Crippen molar-refractivity contribution in [1.82, 2.24) is 15.3 Å². The van der Waals surface area contributed by atoms with Gasteiger partial charge in [0.2, 0.25) is 5.95 Å². The van der Waals surface area contributed by atoms with Crippen molar-refractivity contribution in [3.63, 3.8) is 0 Å². The molecule has 0 spiro atoms. The van der Waals surface area contributed by atoms with E-state index in [2.05, 4.69) is 29.1 Å². The summed E-state index contributed by atoms with van der Waals surface area (Å²) in [6, 6.07) is 0. The smallest absolute Gasteiger partial charge is 0.219 e. The lowest BCUT2D eigenvalue weighted by atomic mass is 9.43. The third kappa shape index (κ3) is 2.33. The van der Waals surface area contributed by atoms with Crippen LogP contribution in [-0.2, 0) is 6.54 Å². The van der Waals surface area contributed by atoms with Gasteiger partial charge in [0.1, 0.15) is 0 Å². The zero-order valence-corrected chi connectivity index (χ0v) is 13.2. The molecule has 0 saturated heterocycles. The number of nitrogens with one attached hydrogen (secondary N) is 1. The number of nitrogens with zero attached hydrogens (tertiary/aromatic N) is 2. The average molecular weight is 286 g/mol. The van der Waals surface area contributed by atoms with E-state index >= 15 is 0 Å². The molecule has 5 rings (SSSR count). The first-order valence-electron chi connectivity index (χ1n) is 8.19. The fourth-order valence-corrected chi connectivity index (χ4v) is 6.39. The van der Waals surface area contributed by atoms with Gasteiger partial charge in [-0.05, 0) is 55.3 Å². The van der Waals surface area contributed by atoms with Crippen LogP contribution >= 0.6 is 0 Å². The maximum atomic E-state index is 5.56. The predicted molar refractivity (Wildman–Crippen MR) is 83.4 cm³/mol. The van der Waals surface area contributed by atoms with Crippen molar-refractivity contribution >= 4 is 5.95 Å². The van der Waals surface area contributed by atoms with E-state index in [4.69, 9.17) is 5.73 Å². The molecule has 1 aromatic heterocycles. The maximum Gasteiger partial charge on any atom is 0.219 e. The van der Waals surface area contributed by atoms with Crippen LogP contribution in [0.3, 0.4) is 0 Å². The minimum absolute atomic E-state index is 0.338. The number of nitrogen functional groups attached to an aromatic ring is 1. The predicted octanol–water partition coefficient (Wildman–Crippen LogP) is 2.90. The molecule has 4 fully saturated rings. The summed E-state index contributed by atoms with van der Waals surface area (Å²) in [4.78, 5) is 8.20. The summed E-state index contributed by atoms with van der Waals surface area (Å²) in [7, 11) is 0. The van der Waals surface area contributed by atoms with Crippen molar-refractivity contribution in [1.29, 1.82) is 0 Å². The maximum absolute atomic E-state index is 5.56. The summed E-state index contributed by atoms with van der Waals surface area (Å²) in [5.74, 6) is 1.28. The molecule has 4 aliphatic rings. The lowest BCUT2D eigenvalue weighted by molar-refractivity contribution is -0.118. The molecule has 0 aliphatic heterocycles. The summed E-state index contributed by atoms with van der Waals surface area (Å²) >= 11 is 0. The van der Waals surface area contributed by atoms with Gasteiger partial charge in [-0.25, -0.2) is 9.97 Å². The van der Waals surface area contributed by atoms with Crippen LogP contribution in [0.15, 0.2) is 12.4 Å². The average Bonchev–Trinajstić information content (AvgIpc) is 2.34. The topological polar surface area (TPSA) is 63.8 Å². The zero-order chi connectivity index (χ0) is 14.7. The van der Waals surface area contributed by atoms with Gasteiger partial charge in [0.05, 0.1) is 0 Å². The molecular formula is C17H26N4. The normalized spacial score (nSPS) is 44.2. The summed E-state index contributed by atoms with van der Waals surface area (Å²) in [6.07, 6.45) is 12.0. The summed E-state index contributed by atoms with van der Waals surface area (Å²) in [5.41, 5.74) is 8.14. The van der Waals surface area contributed by atoms with E-state index < -0.39 is 0 Å². The van der Waals surface area contributed by atoms with E-state index in [0.717, 1.165) is 18.0 Å². The van der Waals surface area contributed by atoms with Crippen LogP contribution in [0.1, 0.15) is 57.9 Å². The van der Waals surface area contributed by atoms with Crippen molar-refractivity contribution in [3.05, 3.63) is 18.0 Å². The van der Waals surface area contributed by atoms with Gasteiger partial charge in [-0.3, -0.25) is 0 Å². The Hall–Kier alpha value is -1.16. The first kappa shape index (κ1) is 13.5. The summed E-state index contributed by atoms with van der Waals surface area (Å²) in [6.45, 7) is 5.89. The number of hydrogen-bond donors (Lipinski definition) is 2. The van der Waals surface area contributed by atoms with Crippen molar-refractivity contribution in [2.24, 2.45) is 16.7 Å². The lowest BCUT2D eigenvalue weighted by Crippen LogP contribution is -2.63. The van der Waals surface area contributed by atoms with E-state index in [1.54, 1.807) is 0 Å². The van der Waals surface area contributed by atoms with Crippen LogP contribution in [0, 0.1) is 16.7 Å². The molecular weight excluding hydrogens is 260 g/mol. The van der Waals surface area contributed by atoms with Crippen LogP contribution in [0.25, 0.3) is 0 Å². The van der Waals surface area contributed by atoms with Gasteiger partial charge in [-0.15, -0.1) is 0 Å². The Bertz CT molecular complexity index is 534. The fourth-order valence-electron chi connectivity index (χ4n) is 6.39. The molecule has 4 aliphatic carbocycles. The molecule has 0 aromatic carbocycles. The summed E-state index contributed by atoms with van der Waals surface area (Å²) in [5, 5.41) is 3.89. The monoisotopic (exact) mass is 286 g/mol. The molecule has 0 amide bonds. The van der Waals surface area contributed by atoms with Crippen LogP contribution in [0.2, 0.25) is 0 Å². The highest BCUT2D eigenvalue weighted by molar-refractivity contribution is 5.19. The van der Waals surface area contributed by atoms with Gasteiger partial charge in [-0.2, -0.15) is 0 Å². The largest absolute Gasteiger partial charge is 0.368 e. The van der Waals surface area contributed by atoms with E-state index in [0.29, 0.717) is 22.3 Å². The Kier molecular flexibility index (Phi) is 2.69. The molecule has 4 heteroatoms. The molecule has 4 bridgehead atoms. The molecule has 4 saturated carbocycles. The molecule has 1 aromatic rings. The second-order valence-electron chi connectivity index (χ2n) is 8.71. The Morgan fingerprint density at radius 2 is 1.71 bits per heavy atom. The Labute approximate surface area is 126 Å². The fraction of sp³-hybridized carbons (Fsp3) is 0.765. The first-order chi connectivity index (χ1) is 9.88. The minimum atomic E-state index is 0.338. The Balaban J connectivity index is 1.53. The number of rotatable bonds is 3. The second-order valence-corrected chi connectivity index (χ2v) is 8.71. The van der Waals surface area contributed by atoms with Crippen LogP contribution in [-0.4, -0.2) is 15.5 Å². The highest BCUT2D eigenvalue weighted by Gasteiger charge is 2.59. The highest BCUT2D eigenvalue weighted by atomic mass is 15.0. The van der Waals surface area contributed by atoms with Gasteiger partial charge >= 0.3 is 0 Å². The van der Waals surface area contributed by atoms with Crippen molar-refractivity contribution in [2.45, 2.75) is 64.5 Å². The van der Waals surface area contributed by atoms with E-state index in [1.807, 2.05) is 12.4 Å². The quantitative estimate of drug-likeness (QED) is 0.897. The van der Waals surface area contributed by atoms with Crippen LogP contribution in [0.5, 0.6) is 0 Å². The molecule has 2 atom stereocenters. The Morgan fingerprint density at radius 1 is 1.10 bits per heavy atom. The van der Waals surface area contributed by atoms with Gasteiger partial charge in [0.15, 0.2) is 0 Å². The van der Waals surface area contributed by atoms with E-state index in [-0.39, 0.29) is 0 Å². The third-order valence-electron chi connectivity index (χ3n) is 6.02. The van der Waals surface area contributed by atoms with Crippen molar-refractivity contribution in [3.8, 4) is 0 Å². The van der Waals surface area contributed by atoms with Crippen molar-refractivity contribution < 1.29 is 0 Å². The van der Waals surface area contributed by atoms with Gasteiger partial charge in [0, 0.05) is 30.0 Å². The second kappa shape index (κ2) is 4.19.